The van der Waals surface area contributed by atoms with Crippen molar-refractivity contribution in [1.82, 2.24) is 4.57 Å². The van der Waals surface area contributed by atoms with Gasteiger partial charge in [0.1, 0.15) is 0 Å². The van der Waals surface area contributed by atoms with Crippen LogP contribution in [0.4, 0.5) is 0 Å². The number of aryl methyl sites for hydroxylation is 1. The number of hydrogen-bond donors (Lipinski definition) is 0. The van der Waals surface area contributed by atoms with E-state index in [9.17, 15) is 4.79 Å². The second-order valence-electron chi connectivity index (χ2n) is 4.93. The minimum atomic E-state index is -0.198. The van der Waals surface area contributed by atoms with Gasteiger partial charge in [0, 0.05) is 16.6 Å². The third-order valence-electron chi connectivity index (χ3n) is 3.31. The van der Waals surface area contributed by atoms with Crippen molar-refractivity contribution in [2.45, 2.75) is 19.9 Å². The van der Waals surface area contributed by atoms with Crippen molar-refractivity contribution in [1.29, 1.82) is 0 Å². The van der Waals surface area contributed by atoms with E-state index in [1.165, 1.54) is 0 Å². The summed E-state index contributed by atoms with van der Waals surface area (Å²) in [5.74, 6) is -0.198. The first-order valence-electron chi connectivity index (χ1n) is 7.12. The van der Waals surface area contributed by atoms with E-state index in [1.807, 2.05) is 24.3 Å². The topological polar surface area (TPSA) is 34.4 Å². The average molecular weight is 375 g/mol. The highest BCUT2D eigenvalue weighted by atomic mass is 79.9. The summed E-state index contributed by atoms with van der Waals surface area (Å²) < 4.78 is 4.28. The molecular formula is C17H15BrN2OS. The smallest absolute Gasteiger partial charge is 0.279 e. The third kappa shape index (κ3) is 3.05. The highest BCUT2D eigenvalue weighted by Crippen LogP contribution is 2.22. The van der Waals surface area contributed by atoms with Gasteiger partial charge in [0.2, 0.25) is 0 Å². The molecule has 3 rings (SSSR count). The first kappa shape index (κ1) is 15.2. The zero-order valence-electron chi connectivity index (χ0n) is 12.1. The number of thiazole rings is 1. The molecule has 22 heavy (non-hydrogen) atoms. The van der Waals surface area contributed by atoms with Crippen molar-refractivity contribution >= 4 is 43.4 Å². The maximum atomic E-state index is 12.3. The van der Waals surface area contributed by atoms with E-state index in [2.05, 4.69) is 44.5 Å². The Bertz CT molecular complexity index is 881. The van der Waals surface area contributed by atoms with Crippen LogP contribution in [0.25, 0.3) is 10.2 Å². The molecule has 3 nitrogen and oxygen atoms in total. The van der Waals surface area contributed by atoms with Gasteiger partial charge >= 0.3 is 0 Å². The van der Waals surface area contributed by atoms with Crippen molar-refractivity contribution in [2.75, 3.05) is 0 Å². The Morgan fingerprint density at radius 3 is 2.73 bits per heavy atom. The molecule has 0 radical (unpaired) electrons. The van der Waals surface area contributed by atoms with Crippen LogP contribution in [-0.4, -0.2) is 10.5 Å². The Kier molecular flexibility index (Phi) is 4.55. The van der Waals surface area contributed by atoms with Gasteiger partial charge in [-0.25, -0.2) is 0 Å². The summed E-state index contributed by atoms with van der Waals surface area (Å²) in [4.78, 5) is 17.4. The van der Waals surface area contributed by atoms with E-state index in [1.54, 1.807) is 23.5 Å². The van der Waals surface area contributed by atoms with Crippen molar-refractivity contribution in [3.8, 4) is 0 Å². The van der Waals surface area contributed by atoms with E-state index in [0.717, 1.165) is 32.5 Å². The van der Waals surface area contributed by atoms with Gasteiger partial charge in [-0.1, -0.05) is 52.4 Å². The summed E-state index contributed by atoms with van der Waals surface area (Å²) in [7, 11) is 0. The zero-order chi connectivity index (χ0) is 15.5. The summed E-state index contributed by atoms with van der Waals surface area (Å²) in [6.45, 7) is 2.97. The van der Waals surface area contributed by atoms with Gasteiger partial charge in [0.15, 0.2) is 4.80 Å². The fraction of sp³-hybridized carbons (Fsp3) is 0.176. The first-order chi connectivity index (χ1) is 10.7. The van der Waals surface area contributed by atoms with Gasteiger partial charge in [0.05, 0.1) is 10.2 Å². The molecule has 1 heterocycles. The average Bonchev–Trinajstić information content (AvgIpc) is 2.85. The molecule has 3 aromatic rings. The Morgan fingerprint density at radius 2 is 2.00 bits per heavy atom. The molecular weight excluding hydrogens is 360 g/mol. The SMILES string of the molecule is CCCn1c(=NC(=O)c2ccccc2)sc2cc(Br)ccc21. The Morgan fingerprint density at radius 1 is 1.23 bits per heavy atom. The lowest BCUT2D eigenvalue weighted by atomic mass is 10.2. The maximum Gasteiger partial charge on any atom is 0.279 e. The number of hydrogen-bond acceptors (Lipinski definition) is 2. The Labute approximate surface area is 141 Å². The molecule has 0 N–H and O–H groups in total. The van der Waals surface area contributed by atoms with E-state index in [-0.39, 0.29) is 5.91 Å². The molecule has 0 unspecified atom stereocenters. The molecule has 2 aromatic carbocycles. The minimum Gasteiger partial charge on any atom is -0.316 e. The predicted octanol–water partition coefficient (Wildman–Crippen LogP) is 4.62. The number of rotatable bonds is 3. The lowest BCUT2D eigenvalue weighted by molar-refractivity contribution is 0.0998. The number of fused-ring (bicyclic) bond motifs is 1. The molecule has 0 bridgehead atoms. The van der Waals surface area contributed by atoms with E-state index in [4.69, 9.17) is 0 Å². The number of amides is 1. The van der Waals surface area contributed by atoms with E-state index >= 15 is 0 Å². The van der Waals surface area contributed by atoms with E-state index in [0.29, 0.717) is 5.56 Å². The van der Waals surface area contributed by atoms with Crippen LogP contribution in [0.3, 0.4) is 0 Å². The van der Waals surface area contributed by atoms with E-state index < -0.39 is 0 Å². The molecule has 1 aromatic heterocycles. The number of halogens is 1. The summed E-state index contributed by atoms with van der Waals surface area (Å²) in [5, 5.41) is 0. The second kappa shape index (κ2) is 6.58. The van der Waals surface area contributed by atoms with Crippen LogP contribution in [-0.2, 0) is 6.54 Å². The fourth-order valence-electron chi connectivity index (χ4n) is 2.30. The standard InChI is InChI=1S/C17H15BrN2OS/c1-2-10-20-14-9-8-13(18)11-15(14)22-17(20)19-16(21)12-6-4-3-5-7-12/h3-9,11H,2,10H2,1H3. The van der Waals surface area contributed by atoms with Crippen LogP contribution in [0, 0.1) is 0 Å². The summed E-state index contributed by atoms with van der Waals surface area (Å²) in [6.07, 6.45) is 0.995. The minimum absolute atomic E-state index is 0.198. The second-order valence-corrected chi connectivity index (χ2v) is 6.86. The molecule has 5 heteroatoms. The lowest BCUT2D eigenvalue weighted by Gasteiger charge is -2.02. The van der Waals surface area contributed by atoms with Crippen molar-refractivity contribution in [3.05, 3.63) is 63.4 Å². The molecule has 0 aliphatic carbocycles. The fourth-order valence-corrected chi connectivity index (χ4v) is 3.91. The summed E-state index contributed by atoms with van der Waals surface area (Å²) in [5.41, 5.74) is 1.74. The van der Waals surface area contributed by atoms with Crippen molar-refractivity contribution in [2.24, 2.45) is 4.99 Å². The third-order valence-corrected chi connectivity index (χ3v) is 4.84. The maximum absolute atomic E-state index is 12.3. The van der Waals surface area contributed by atoms with Crippen molar-refractivity contribution < 1.29 is 4.79 Å². The predicted molar refractivity (Wildman–Crippen MR) is 94.1 cm³/mol. The van der Waals surface area contributed by atoms with Crippen LogP contribution in [0.5, 0.6) is 0 Å². The monoisotopic (exact) mass is 374 g/mol. The number of aromatic nitrogens is 1. The van der Waals surface area contributed by atoms with Gasteiger partial charge in [0.25, 0.3) is 5.91 Å². The molecule has 0 atom stereocenters. The van der Waals surface area contributed by atoms with Crippen LogP contribution in [0.15, 0.2) is 58.0 Å². The van der Waals surface area contributed by atoms with Crippen LogP contribution < -0.4 is 4.80 Å². The number of carbonyl (C=O) groups is 1. The molecule has 0 aliphatic rings. The first-order valence-corrected chi connectivity index (χ1v) is 8.73. The van der Waals surface area contributed by atoms with Gasteiger partial charge in [-0.05, 0) is 36.8 Å². The van der Waals surface area contributed by atoms with Gasteiger partial charge in [-0.15, -0.1) is 0 Å². The molecule has 0 saturated carbocycles. The molecule has 0 spiro atoms. The molecule has 0 aliphatic heterocycles. The molecule has 1 amide bonds. The zero-order valence-corrected chi connectivity index (χ0v) is 14.5. The number of benzene rings is 2. The van der Waals surface area contributed by atoms with Crippen LogP contribution in [0.1, 0.15) is 23.7 Å². The molecule has 0 saturated heterocycles. The lowest BCUT2D eigenvalue weighted by Crippen LogP contribution is -2.16. The molecule has 112 valence electrons. The number of carbonyl (C=O) groups excluding carboxylic acids is 1. The normalized spacial score (nSPS) is 12.0. The summed E-state index contributed by atoms with van der Waals surface area (Å²) in [6, 6.07) is 15.3. The van der Waals surface area contributed by atoms with Crippen molar-refractivity contribution in [3.63, 3.8) is 0 Å². The van der Waals surface area contributed by atoms with Crippen LogP contribution in [0.2, 0.25) is 0 Å². The quantitative estimate of drug-likeness (QED) is 0.658. The Balaban J connectivity index is 2.15. The highest BCUT2D eigenvalue weighted by Gasteiger charge is 2.09. The molecule has 0 fully saturated rings. The summed E-state index contributed by atoms with van der Waals surface area (Å²) >= 11 is 5.04. The largest absolute Gasteiger partial charge is 0.316 e. The van der Waals surface area contributed by atoms with Gasteiger partial charge in [-0.3, -0.25) is 4.79 Å². The van der Waals surface area contributed by atoms with Crippen LogP contribution >= 0.6 is 27.3 Å². The Hall–Kier alpha value is -1.72. The van der Waals surface area contributed by atoms with Gasteiger partial charge < -0.3 is 4.57 Å². The number of nitrogens with zero attached hydrogens (tertiary/aromatic N) is 2. The highest BCUT2D eigenvalue weighted by molar-refractivity contribution is 9.10. The van der Waals surface area contributed by atoms with Gasteiger partial charge in [-0.2, -0.15) is 4.99 Å².